The number of hydrogen-bond acceptors (Lipinski definition) is 1. The van der Waals surface area contributed by atoms with E-state index in [0.29, 0.717) is 0 Å². The Hall–Kier alpha value is -3.26. The van der Waals surface area contributed by atoms with E-state index in [2.05, 4.69) is 74.5 Å². The van der Waals surface area contributed by atoms with Crippen LogP contribution in [-0.2, 0) is 0 Å². The fraction of sp³-hybridized carbons (Fsp3) is 0.0800. The molecular weight excluding hydrogens is 333 g/mol. The first kappa shape index (κ1) is 17.2. The maximum Gasteiger partial charge on any atom is 0.123 e. The second-order valence-electron chi connectivity index (χ2n) is 6.87. The minimum absolute atomic E-state index is 0.231. The maximum absolute atomic E-state index is 13.4. The number of aryl methyl sites for hydroxylation is 2. The minimum atomic E-state index is -0.231. The van der Waals surface area contributed by atoms with Gasteiger partial charge in [0.2, 0.25) is 0 Å². The fourth-order valence-electron chi connectivity index (χ4n) is 3.08. The van der Waals surface area contributed by atoms with Gasteiger partial charge in [-0.15, -0.1) is 0 Å². The number of halogens is 1. The van der Waals surface area contributed by atoms with Crippen LogP contribution in [0.4, 0.5) is 4.39 Å². The number of pyridine rings is 1. The molecule has 4 rings (SSSR count). The van der Waals surface area contributed by atoms with Crippen molar-refractivity contribution < 1.29 is 4.39 Å². The molecular formula is C25H20FN. The number of rotatable bonds is 3. The molecule has 2 heteroatoms. The summed E-state index contributed by atoms with van der Waals surface area (Å²) >= 11 is 0. The molecule has 3 aromatic carbocycles. The zero-order chi connectivity index (χ0) is 18.8. The molecule has 4 aromatic rings. The Morgan fingerprint density at radius 3 is 1.37 bits per heavy atom. The average molecular weight is 353 g/mol. The lowest BCUT2D eigenvalue weighted by molar-refractivity contribution is 0.628. The van der Waals surface area contributed by atoms with Crippen LogP contribution in [0, 0.1) is 19.7 Å². The van der Waals surface area contributed by atoms with E-state index in [9.17, 15) is 4.39 Å². The molecule has 0 aliphatic rings. The summed E-state index contributed by atoms with van der Waals surface area (Å²) in [5.74, 6) is -0.231. The third kappa shape index (κ3) is 3.80. The molecule has 0 unspecified atom stereocenters. The molecule has 0 saturated heterocycles. The third-order valence-corrected chi connectivity index (χ3v) is 4.70. The molecule has 0 fully saturated rings. The monoisotopic (exact) mass is 353 g/mol. The van der Waals surface area contributed by atoms with Gasteiger partial charge < -0.3 is 0 Å². The van der Waals surface area contributed by atoms with Crippen LogP contribution in [0.2, 0.25) is 0 Å². The van der Waals surface area contributed by atoms with Gasteiger partial charge in [0.25, 0.3) is 0 Å². The van der Waals surface area contributed by atoms with Crippen LogP contribution >= 0.6 is 0 Å². The summed E-state index contributed by atoms with van der Waals surface area (Å²) in [6.07, 6.45) is 0. The van der Waals surface area contributed by atoms with E-state index in [4.69, 9.17) is 4.98 Å². The second-order valence-corrected chi connectivity index (χ2v) is 6.87. The van der Waals surface area contributed by atoms with Gasteiger partial charge in [0.15, 0.2) is 0 Å². The highest BCUT2D eigenvalue weighted by Crippen LogP contribution is 2.30. The largest absolute Gasteiger partial charge is 0.248 e. The van der Waals surface area contributed by atoms with Gasteiger partial charge in [-0.3, -0.25) is 0 Å². The zero-order valence-electron chi connectivity index (χ0n) is 15.4. The fourth-order valence-corrected chi connectivity index (χ4v) is 3.08. The van der Waals surface area contributed by atoms with Crippen molar-refractivity contribution in [3.63, 3.8) is 0 Å². The van der Waals surface area contributed by atoms with Crippen LogP contribution in [0.15, 0.2) is 84.9 Å². The van der Waals surface area contributed by atoms with Crippen molar-refractivity contribution in [2.45, 2.75) is 13.8 Å². The molecule has 0 bridgehead atoms. The van der Waals surface area contributed by atoms with Crippen molar-refractivity contribution in [1.29, 1.82) is 0 Å². The Labute approximate surface area is 159 Å². The van der Waals surface area contributed by atoms with Gasteiger partial charge in [-0.1, -0.05) is 71.8 Å². The van der Waals surface area contributed by atoms with Gasteiger partial charge in [-0.05, 0) is 49.2 Å². The topological polar surface area (TPSA) is 12.9 Å². The molecule has 1 aromatic heterocycles. The van der Waals surface area contributed by atoms with Crippen LogP contribution in [0.5, 0.6) is 0 Å². The standard InChI is InChI=1S/C25H20FN/c1-17-3-7-20(8-4-17)24-15-22(19-11-13-23(26)14-12-19)16-25(27-24)21-9-5-18(2)6-10-21/h3-16H,1-2H3. The van der Waals surface area contributed by atoms with Crippen molar-refractivity contribution in [3.8, 4) is 33.6 Å². The summed E-state index contributed by atoms with van der Waals surface area (Å²) in [6, 6.07) is 27.4. The normalized spacial score (nSPS) is 10.8. The van der Waals surface area contributed by atoms with Gasteiger partial charge in [0.05, 0.1) is 11.4 Å². The van der Waals surface area contributed by atoms with Crippen molar-refractivity contribution in [2.24, 2.45) is 0 Å². The van der Waals surface area contributed by atoms with E-state index in [1.807, 2.05) is 12.1 Å². The van der Waals surface area contributed by atoms with Crippen molar-refractivity contribution in [2.75, 3.05) is 0 Å². The van der Waals surface area contributed by atoms with Crippen LogP contribution in [0.1, 0.15) is 11.1 Å². The number of aromatic nitrogens is 1. The Kier molecular flexibility index (Phi) is 4.55. The van der Waals surface area contributed by atoms with Gasteiger partial charge in [-0.25, -0.2) is 9.37 Å². The first-order valence-electron chi connectivity index (χ1n) is 9.00. The SMILES string of the molecule is Cc1ccc(-c2cc(-c3ccc(F)cc3)cc(-c3ccc(C)cc3)n2)cc1. The summed E-state index contributed by atoms with van der Waals surface area (Å²) in [5, 5.41) is 0. The first-order valence-corrected chi connectivity index (χ1v) is 9.00. The van der Waals surface area contributed by atoms with E-state index in [0.717, 1.165) is 33.6 Å². The molecule has 1 nitrogen and oxygen atoms in total. The zero-order valence-corrected chi connectivity index (χ0v) is 15.4. The van der Waals surface area contributed by atoms with Crippen LogP contribution in [-0.4, -0.2) is 4.98 Å². The summed E-state index contributed by atoms with van der Waals surface area (Å²) in [6.45, 7) is 4.15. The van der Waals surface area contributed by atoms with Gasteiger partial charge in [0.1, 0.15) is 5.82 Å². The maximum atomic E-state index is 13.4. The predicted octanol–water partition coefficient (Wildman–Crippen LogP) is 6.84. The molecule has 0 saturated carbocycles. The Balaban J connectivity index is 1.89. The smallest absolute Gasteiger partial charge is 0.123 e. The van der Waals surface area contributed by atoms with Crippen LogP contribution in [0.25, 0.3) is 33.6 Å². The summed E-state index contributed by atoms with van der Waals surface area (Å²) < 4.78 is 13.4. The van der Waals surface area contributed by atoms with E-state index in [-0.39, 0.29) is 5.82 Å². The molecule has 27 heavy (non-hydrogen) atoms. The highest BCUT2D eigenvalue weighted by atomic mass is 19.1. The van der Waals surface area contributed by atoms with E-state index < -0.39 is 0 Å². The van der Waals surface area contributed by atoms with Crippen molar-refractivity contribution in [1.82, 2.24) is 4.98 Å². The molecule has 0 aliphatic carbocycles. The molecule has 1 heterocycles. The van der Waals surface area contributed by atoms with E-state index in [1.54, 1.807) is 0 Å². The molecule has 0 N–H and O–H groups in total. The molecule has 0 spiro atoms. The quantitative estimate of drug-likeness (QED) is 0.393. The summed E-state index contributed by atoms with van der Waals surface area (Å²) in [5.41, 5.74) is 8.38. The van der Waals surface area contributed by atoms with Crippen molar-refractivity contribution >= 4 is 0 Å². The molecule has 0 amide bonds. The van der Waals surface area contributed by atoms with Crippen LogP contribution in [0.3, 0.4) is 0 Å². The van der Waals surface area contributed by atoms with Gasteiger partial charge in [0, 0.05) is 11.1 Å². The predicted molar refractivity (Wildman–Crippen MR) is 110 cm³/mol. The second kappa shape index (κ2) is 7.16. The lowest BCUT2D eigenvalue weighted by Crippen LogP contribution is -1.91. The van der Waals surface area contributed by atoms with Crippen molar-refractivity contribution in [3.05, 3.63) is 102 Å². The molecule has 0 atom stereocenters. The molecule has 132 valence electrons. The third-order valence-electron chi connectivity index (χ3n) is 4.70. The summed E-state index contributed by atoms with van der Waals surface area (Å²) in [7, 11) is 0. The average Bonchev–Trinajstić information content (AvgIpc) is 2.69. The first-order chi connectivity index (χ1) is 13.1. The Morgan fingerprint density at radius 2 is 0.926 bits per heavy atom. The van der Waals surface area contributed by atoms with E-state index in [1.165, 1.54) is 23.3 Å². The summed E-state index contributed by atoms with van der Waals surface area (Å²) in [4.78, 5) is 4.90. The highest BCUT2D eigenvalue weighted by molar-refractivity contribution is 5.76. The lowest BCUT2D eigenvalue weighted by atomic mass is 9.99. The number of nitrogens with zero attached hydrogens (tertiary/aromatic N) is 1. The minimum Gasteiger partial charge on any atom is -0.248 e. The van der Waals surface area contributed by atoms with Gasteiger partial charge >= 0.3 is 0 Å². The Bertz CT molecular complexity index is 909. The molecule has 0 aliphatic heterocycles. The highest BCUT2D eigenvalue weighted by Gasteiger charge is 2.09. The Morgan fingerprint density at radius 1 is 0.519 bits per heavy atom. The number of benzene rings is 3. The van der Waals surface area contributed by atoms with E-state index >= 15 is 0 Å². The van der Waals surface area contributed by atoms with Crippen LogP contribution < -0.4 is 0 Å². The number of hydrogen-bond donors (Lipinski definition) is 0. The molecule has 0 radical (unpaired) electrons. The lowest BCUT2D eigenvalue weighted by Gasteiger charge is -2.11. The van der Waals surface area contributed by atoms with Gasteiger partial charge in [-0.2, -0.15) is 0 Å².